The molecule has 2 N–H and O–H groups in total. The van der Waals surface area contributed by atoms with Crippen LogP contribution < -0.4 is 5.32 Å². The van der Waals surface area contributed by atoms with Crippen LogP contribution in [0.2, 0.25) is 0 Å². The molecule has 5 heteroatoms. The molecule has 0 aromatic rings. The third-order valence-electron chi connectivity index (χ3n) is 4.95. The van der Waals surface area contributed by atoms with E-state index in [1.165, 1.54) is 12.2 Å². The van der Waals surface area contributed by atoms with E-state index in [4.69, 9.17) is 0 Å². The lowest BCUT2D eigenvalue weighted by Crippen LogP contribution is -2.25. The number of hydrogen-bond acceptors (Lipinski definition) is 4. The zero-order chi connectivity index (χ0) is 23.4. The van der Waals surface area contributed by atoms with Crippen LogP contribution in [0.5, 0.6) is 0 Å². The van der Waals surface area contributed by atoms with Gasteiger partial charge >= 0.3 is 0 Å². The van der Waals surface area contributed by atoms with Crippen LogP contribution >= 0.6 is 0 Å². The fourth-order valence-corrected chi connectivity index (χ4v) is 3.25. The second kappa shape index (κ2) is 12.2. The highest BCUT2D eigenvalue weighted by Crippen LogP contribution is 2.42. The van der Waals surface area contributed by atoms with Crippen molar-refractivity contribution in [3.8, 4) is 0 Å². The molecule has 1 heterocycles. The molecule has 2 rings (SSSR count). The number of carbonyl (C=O) groups is 3. The van der Waals surface area contributed by atoms with Crippen molar-refractivity contribution in [1.29, 1.82) is 0 Å². The van der Waals surface area contributed by atoms with Crippen LogP contribution in [0.4, 0.5) is 0 Å². The minimum Gasteiger partial charge on any atom is -0.504 e. The number of rotatable bonds is 0. The summed E-state index contributed by atoms with van der Waals surface area (Å²) in [6.07, 6.45) is 27.6. The summed E-state index contributed by atoms with van der Waals surface area (Å²) in [7, 11) is 0. The normalized spacial score (nSPS) is 32.4. The van der Waals surface area contributed by atoms with E-state index in [-0.39, 0.29) is 23.8 Å². The number of Topliss-reactive ketones (excluding diaryl/α,β-unsaturated/α-hetero) is 1. The molecule has 2 aliphatic rings. The molecule has 0 fully saturated rings. The number of amides is 1. The average Bonchev–Trinajstić information content (AvgIpc) is 2.97. The van der Waals surface area contributed by atoms with Gasteiger partial charge < -0.3 is 10.4 Å². The Hall–Kier alpha value is -3.73. The Kier molecular flexibility index (Phi) is 9.36. The van der Waals surface area contributed by atoms with Gasteiger partial charge in [-0.05, 0) is 12.0 Å². The zero-order valence-corrected chi connectivity index (χ0v) is 18.4. The number of aliphatic hydroxyl groups is 1. The minimum atomic E-state index is -0.902. The van der Waals surface area contributed by atoms with Crippen LogP contribution in [0.3, 0.4) is 0 Å². The number of fused-ring (bicyclic) bond motifs is 1. The molecular formula is C27H29NO4. The lowest BCUT2D eigenvalue weighted by Gasteiger charge is -2.20. The molecule has 2 atom stereocenters. The second-order valence-corrected chi connectivity index (χ2v) is 7.83. The van der Waals surface area contributed by atoms with Crippen molar-refractivity contribution in [1.82, 2.24) is 5.32 Å². The van der Waals surface area contributed by atoms with Gasteiger partial charge in [0.1, 0.15) is 0 Å². The summed E-state index contributed by atoms with van der Waals surface area (Å²) in [6, 6.07) is 0. The van der Waals surface area contributed by atoms with Crippen LogP contribution in [0, 0.1) is 11.3 Å². The number of ketones is 2. The monoisotopic (exact) mass is 431 g/mol. The van der Waals surface area contributed by atoms with E-state index in [0.29, 0.717) is 6.54 Å². The maximum atomic E-state index is 12.7. The molecule has 0 aromatic heterocycles. The Morgan fingerprint density at radius 2 is 1.41 bits per heavy atom. The van der Waals surface area contributed by atoms with E-state index < -0.39 is 22.7 Å². The Morgan fingerprint density at radius 3 is 2.09 bits per heavy atom. The number of nitrogens with one attached hydrogen (secondary N) is 1. The van der Waals surface area contributed by atoms with Gasteiger partial charge in [0, 0.05) is 24.5 Å². The average molecular weight is 432 g/mol. The summed E-state index contributed by atoms with van der Waals surface area (Å²) in [5.41, 5.74) is -0.814. The van der Waals surface area contributed by atoms with Gasteiger partial charge in [-0.15, -0.1) is 0 Å². The molecule has 0 saturated carbocycles. The summed E-state index contributed by atoms with van der Waals surface area (Å²) in [6.45, 7) is 4.28. The van der Waals surface area contributed by atoms with Crippen molar-refractivity contribution in [2.24, 2.45) is 11.3 Å². The Balaban J connectivity index is 2.27. The Labute approximate surface area is 189 Å². The standard InChI is InChI=1S/C27H29NO4/c1-21-15-11-7-5-3-4-6-8-12-16-22(29)25-26(32)23(30)19-27(25,2)18-14-10-9-13-17-24(31)28-20-21/h3-18,21,32H,19-20H2,1-2H3,(H,28,31)/b4-3-,7-5-,8-6-,10-9-,15-11?,16-12-,17-13-,18-14-. The van der Waals surface area contributed by atoms with E-state index in [1.54, 1.807) is 55.5 Å². The molecule has 166 valence electrons. The molecule has 2 unspecified atom stereocenters. The summed E-state index contributed by atoms with van der Waals surface area (Å²) in [5, 5.41) is 13.0. The highest BCUT2D eigenvalue weighted by molar-refractivity contribution is 6.14. The van der Waals surface area contributed by atoms with Crippen LogP contribution in [-0.2, 0) is 14.4 Å². The summed E-state index contributed by atoms with van der Waals surface area (Å²) >= 11 is 0. The summed E-state index contributed by atoms with van der Waals surface area (Å²) in [4.78, 5) is 36.6. The molecule has 1 aliphatic heterocycles. The highest BCUT2D eigenvalue weighted by Gasteiger charge is 2.43. The first-order valence-corrected chi connectivity index (χ1v) is 10.5. The predicted molar refractivity (Wildman–Crippen MR) is 128 cm³/mol. The first kappa shape index (κ1) is 24.5. The van der Waals surface area contributed by atoms with Gasteiger partial charge in [0.2, 0.25) is 5.91 Å². The van der Waals surface area contributed by atoms with Crippen molar-refractivity contribution in [2.75, 3.05) is 6.54 Å². The van der Waals surface area contributed by atoms with Crippen LogP contribution in [0.1, 0.15) is 20.3 Å². The summed E-state index contributed by atoms with van der Waals surface area (Å²) < 4.78 is 0. The van der Waals surface area contributed by atoms with Gasteiger partial charge in [-0.25, -0.2) is 0 Å². The van der Waals surface area contributed by atoms with Crippen molar-refractivity contribution in [2.45, 2.75) is 20.3 Å². The van der Waals surface area contributed by atoms with Crippen LogP contribution in [0.15, 0.2) is 109 Å². The fraction of sp³-hybridized carbons (Fsp3) is 0.222. The lowest BCUT2D eigenvalue weighted by atomic mass is 9.80. The number of hydrogen-bond donors (Lipinski definition) is 2. The van der Waals surface area contributed by atoms with Crippen LogP contribution in [-0.4, -0.2) is 29.1 Å². The molecule has 1 aliphatic carbocycles. The topological polar surface area (TPSA) is 83.5 Å². The van der Waals surface area contributed by atoms with Crippen molar-refractivity contribution < 1.29 is 19.5 Å². The zero-order valence-electron chi connectivity index (χ0n) is 18.4. The van der Waals surface area contributed by atoms with E-state index in [0.717, 1.165) is 0 Å². The van der Waals surface area contributed by atoms with Crippen molar-refractivity contribution >= 4 is 17.5 Å². The maximum absolute atomic E-state index is 12.7. The third-order valence-corrected chi connectivity index (χ3v) is 4.95. The van der Waals surface area contributed by atoms with Gasteiger partial charge in [-0.3, -0.25) is 14.4 Å². The van der Waals surface area contributed by atoms with E-state index >= 15 is 0 Å². The smallest absolute Gasteiger partial charge is 0.243 e. The maximum Gasteiger partial charge on any atom is 0.243 e. The van der Waals surface area contributed by atoms with E-state index in [9.17, 15) is 19.5 Å². The number of carbonyl (C=O) groups excluding carboxylic acids is 3. The first-order chi connectivity index (χ1) is 15.3. The van der Waals surface area contributed by atoms with Gasteiger partial charge in [-0.2, -0.15) is 0 Å². The Morgan fingerprint density at radius 1 is 0.844 bits per heavy atom. The lowest BCUT2D eigenvalue weighted by molar-refractivity contribution is -0.118. The van der Waals surface area contributed by atoms with Gasteiger partial charge in [-0.1, -0.05) is 98.9 Å². The molecule has 32 heavy (non-hydrogen) atoms. The van der Waals surface area contributed by atoms with E-state index in [1.807, 2.05) is 43.4 Å². The SMILES string of the molecule is CC1C=C\C=C/C=C\C=C/C=C\C(=O)C2=C(O)C(=O)CC2(C)\C=C/C=C\C=C/C(=O)NC1. The molecule has 0 saturated heterocycles. The molecular weight excluding hydrogens is 402 g/mol. The molecule has 0 radical (unpaired) electrons. The van der Waals surface area contributed by atoms with Crippen LogP contribution in [0.25, 0.3) is 0 Å². The quantitative estimate of drug-likeness (QED) is 0.589. The highest BCUT2D eigenvalue weighted by atomic mass is 16.3. The van der Waals surface area contributed by atoms with E-state index in [2.05, 4.69) is 5.32 Å². The molecule has 1 amide bonds. The minimum absolute atomic E-state index is 0.0213. The number of aliphatic hydroxyl groups excluding tert-OH is 1. The number of allylic oxidation sites excluding steroid dienone is 16. The molecule has 0 aromatic carbocycles. The van der Waals surface area contributed by atoms with Crippen molar-refractivity contribution in [3.63, 3.8) is 0 Å². The Bertz CT molecular complexity index is 999. The van der Waals surface area contributed by atoms with Gasteiger partial charge in [0.25, 0.3) is 0 Å². The van der Waals surface area contributed by atoms with Crippen molar-refractivity contribution in [3.05, 3.63) is 109 Å². The molecule has 0 bridgehead atoms. The third kappa shape index (κ3) is 7.51. The first-order valence-electron chi connectivity index (χ1n) is 10.5. The van der Waals surface area contributed by atoms with Gasteiger partial charge in [0.15, 0.2) is 17.3 Å². The molecule has 5 nitrogen and oxygen atoms in total. The summed E-state index contributed by atoms with van der Waals surface area (Å²) in [5.74, 6) is -1.34. The predicted octanol–water partition coefficient (Wildman–Crippen LogP) is 4.56. The molecule has 0 spiro atoms. The second-order valence-electron chi connectivity index (χ2n) is 7.83. The fourth-order valence-electron chi connectivity index (χ4n) is 3.25. The van der Waals surface area contributed by atoms with Gasteiger partial charge in [0.05, 0.1) is 5.57 Å². The largest absolute Gasteiger partial charge is 0.504 e.